The summed E-state index contributed by atoms with van der Waals surface area (Å²) in [6.07, 6.45) is 4.09. The van der Waals surface area contributed by atoms with Crippen LogP contribution in [-0.2, 0) is 19.4 Å². The molecule has 0 saturated carbocycles. The minimum atomic E-state index is -0.214. The van der Waals surface area contributed by atoms with Gasteiger partial charge in [0, 0.05) is 31.4 Å². The summed E-state index contributed by atoms with van der Waals surface area (Å²) < 4.78 is 1.49. The van der Waals surface area contributed by atoms with E-state index < -0.39 is 0 Å². The molecule has 1 aromatic heterocycles. The Hall–Kier alpha value is -2.63. The highest BCUT2D eigenvalue weighted by atomic mass is 16.2. The van der Waals surface area contributed by atoms with E-state index in [1.54, 1.807) is 0 Å². The van der Waals surface area contributed by atoms with Crippen molar-refractivity contribution in [3.8, 4) is 0 Å². The second-order valence-corrected chi connectivity index (χ2v) is 5.54. The minimum Gasteiger partial charge on any atom is -0.338 e. The molecular weight excluding hydrogens is 304 g/mol. The number of aryl methyl sites for hydroxylation is 2. The highest BCUT2D eigenvalue weighted by molar-refractivity contribution is 5.73. The van der Waals surface area contributed by atoms with E-state index in [-0.39, 0.29) is 11.6 Å². The van der Waals surface area contributed by atoms with Crippen molar-refractivity contribution in [3.05, 3.63) is 64.3 Å². The molecule has 24 heavy (non-hydrogen) atoms. The summed E-state index contributed by atoms with van der Waals surface area (Å²) in [4.78, 5) is 27.7. The quantitative estimate of drug-likeness (QED) is 0.725. The molecule has 0 aliphatic rings. The van der Waals surface area contributed by atoms with E-state index in [9.17, 15) is 9.59 Å². The maximum atomic E-state index is 11.8. The Bertz CT molecular complexity index is 698. The number of benzene rings is 1. The van der Waals surface area contributed by atoms with Crippen LogP contribution in [0.1, 0.15) is 24.6 Å². The van der Waals surface area contributed by atoms with Crippen LogP contribution >= 0.6 is 0 Å². The van der Waals surface area contributed by atoms with Crippen molar-refractivity contribution in [1.29, 1.82) is 0 Å². The van der Waals surface area contributed by atoms with Gasteiger partial charge in [0.2, 0.25) is 0 Å². The lowest BCUT2D eigenvalue weighted by molar-refractivity contribution is 0.240. The third kappa shape index (κ3) is 5.87. The molecule has 1 heterocycles. The number of urea groups is 1. The molecule has 2 N–H and O–H groups in total. The molecule has 0 saturated heterocycles. The normalized spacial score (nSPS) is 10.4. The zero-order chi connectivity index (χ0) is 17.2. The van der Waals surface area contributed by atoms with Gasteiger partial charge in [-0.2, -0.15) is 0 Å². The van der Waals surface area contributed by atoms with Gasteiger partial charge in [-0.25, -0.2) is 9.78 Å². The summed E-state index contributed by atoms with van der Waals surface area (Å²) in [5.74, 6) is 0. The summed E-state index contributed by atoms with van der Waals surface area (Å²) >= 11 is 0. The van der Waals surface area contributed by atoms with E-state index >= 15 is 0 Å². The smallest absolute Gasteiger partial charge is 0.314 e. The monoisotopic (exact) mass is 328 g/mol. The summed E-state index contributed by atoms with van der Waals surface area (Å²) in [5.41, 5.74) is 1.95. The van der Waals surface area contributed by atoms with Gasteiger partial charge in [0.25, 0.3) is 5.56 Å². The van der Waals surface area contributed by atoms with Crippen LogP contribution in [0.3, 0.4) is 0 Å². The number of aromatic nitrogens is 2. The van der Waals surface area contributed by atoms with Gasteiger partial charge in [0.1, 0.15) is 0 Å². The van der Waals surface area contributed by atoms with Crippen molar-refractivity contribution in [2.24, 2.45) is 0 Å². The van der Waals surface area contributed by atoms with Gasteiger partial charge < -0.3 is 10.6 Å². The molecule has 0 radical (unpaired) electrons. The van der Waals surface area contributed by atoms with Gasteiger partial charge in [0.05, 0.1) is 6.33 Å². The number of amides is 2. The van der Waals surface area contributed by atoms with Crippen LogP contribution < -0.4 is 16.2 Å². The van der Waals surface area contributed by atoms with Crippen LogP contribution in [0.15, 0.2) is 47.5 Å². The first kappa shape index (κ1) is 17.7. The van der Waals surface area contributed by atoms with Crippen LogP contribution in [0.2, 0.25) is 0 Å². The number of nitrogens with zero attached hydrogens (tertiary/aromatic N) is 2. The third-order valence-electron chi connectivity index (χ3n) is 3.71. The van der Waals surface area contributed by atoms with Crippen LogP contribution in [0.25, 0.3) is 0 Å². The summed E-state index contributed by atoms with van der Waals surface area (Å²) in [7, 11) is 0. The average Bonchev–Trinajstić information content (AvgIpc) is 2.61. The van der Waals surface area contributed by atoms with E-state index in [1.807, 2.05) is 25.1 Å². The second-order valence-electron chi connectivity index (χ2n) is 5.54. The molecule has 6 heteroatoms. The predicted octanol–water partition coefficient (Wildman–Crippen LogP) is 1.74. The summed E-state index contributed by atoms with van der Waals surface area (Å²) in [5, 5.41) is 5.57. The minimum absolute atomic E-state index is 0.0908. The molecule has 0 unspecified atom stereocenters. The van der Waals surface area contributed by atoms with Crippen LogP contribution in [0.4, 0.5) is 4.79 Å². The van der Waals surface area contributed by atoms with Crippen molar-refractivity contribution < 1.29 is 4.79 Å². The number of carbonyl (C=O) groups is 1. The lowest BCUT2D eigenvalue weighted by Gasteiger charge is -2.09. The Morgan fingerprint density at radius 2 is 1.92 bits per heavy atom. The second kappa shape index (κ2) is 9.50. The maximum Gasteiger partial charge on any atom is 0.314 e. The number of hydrogen-bond donors (Lipinski definition) is 2. The maximum absolute atomic E-state index is 11.8. The standard InChI is InChI=1S/C18H24N4O2/c1-2-16-13-17(23)22(14-21-16)12-11-20-18(24)19-10-6-9-15-7-4-3-5-8-15/h3-5,7-8,13-14H,2,6,9-12H2,1H3,(H2,19,20,24). The largest absolute Gasteiger partial charge is 0.338 e. The van der Waals surface area contributed by atoms with Crippen molar-refractivity contribution in [3.63, 3.8) is 0 Å². The van der Waals surface area contributed by atoms with Gasteiger partial charge in [-0.3, -0.25) is 9.36 Å². The van der Waals surface area contributed by atoms with Gasteiger partial charge >= 0.3 is 6.03 Å². The van der Waals surface area contributed by atoms with Crippen LogP contribution in [0.5, 0.6) is 0 Å². The Morgan fingerprint density at radius 3 is 2.62 bits per heavy atom. The third-order valence-corrected chi connectivity index (χ3v) is 3.71. The fourth-order valence-corrected chi connectivity index (χ4v) is 2.32. The Balaban J connectivity index is 1.62. The van der Waals surface area contributed by atoms with Gasteiger partial charge in [-0.05, 0) is 24.8 Å². The molecule has 0 aliphatic heterocycles. The predicted molar refractivity (Wildman–Crippen MR) is 94.0 cm³/mol. The topological polar surface area (TPSA) is 76.0 Å². The molecule has 1 aromatic carbocycles. The fourth-order valence-electron chi connectivity index (χ4n) is 2.32. The van der Waals surface area contributed by atoms with E-state index in [1.165, 1.54) is 22.5 Å². The molecule has 0 fully saturated rings. The van der Waals surface area contributed by atoms with Crippen molar-refractivity contribution in [2.45, 2.75) is 32.7 Å². The Labute approximate surface area is 141 Å². The Morgan fingerprint density at radius 1 is 1.17 bits per heavy atom. The van der Waals surface area contributed by atoms with Gasteiger partial charge in [0.15, 0.2) is 0 Å². The van der Waals surface area contributed by atoms with E-state index in [2.05, 4.69) is 27.8 Å². The molecule has 0 aliphatic carbocycles. The van der Waals surface area contributed by atoms with Gasteiger partial charge in [-0.15, -0.1) is 0 Å². The van der Waals surface area contributed by atoms with E-state index in [0.717, 1.165) is 25.0 Å². The first-order chi connectivity index (χ1) is 11.7. The molecular formula is C18H24N4O2. The fraction of sp³-hybridized carbons (Fsp3) is 0.389. The zero-order valence-corrected chi connectivity index (χ0v) is 14.0. The number of hydrogen-bond acceptors (Lipinski definition) is 3. The molecule has 2 aromatic rings. The van der Waals surface area contributed by atoms with E-state index in [4.69, 9.17) is 0 Å². The molecule has 2 rings (SSSR count). The zero-order valence-electron chi connectivity index (χ0n) is 14.0. The Kier molecular flexibility index (Phi) is 7.01. The van der Waals surface area contributed by atoms with E-state index in [0.29, 0.717) is 19.6 Å². The molecule has 0 bridgehead atoms. The highest BCUT2D eigenvalue weighted by Gasteiger charge is 2.01. The van der Waals surface area contributed by atoms with Gasteiger partial charge in [-0.1, -0.05) is 37.3 Å². The average molecular weight is 328 g/mol. The highest BCUT2D eigenvalue weighted by Crippen LogP contribution is 2.01. The van der Waals surface area contributed by atoms with Crippen LogP contribution in [-0.4, -0.2) is 28.7 Å². The molecule has 0 spiro atoms. The molecule has 2 amide bonds. The molecule has 6 nitrogen and oxygen atoms in total. The molecule has 0 atom stereocenters. The lowest BCUT2D eigenvalue weighted by atomic mass is 10.1. The van der Waals surface area contributed by atoms with Crippen molar-refractivity contribution in [1.82, 2.24) is 20.2 Å². The first-order valence-electron chi connectivity index (χ1n) is 8.30. The lowest BCUT2D eigenvalue weighted by Crippen LogP contribution is -2.38. The van der Waals surface area contributed by atoms with Crippen molar-refractivity contribution >= 4 is 6.03 Å². The number of nitrogens with one attached hydrogen (secondary N) is 2. The summed E-state index contributed by atoms with van der Waals surface area (Å²) in [6, 6.07) is 11.5. The number of carbonyl (C=O) groups excluding carboxylic acids is 1. The molecule has 128 valence electrons. The number of rotatable bonds is 8. The van der Waals surface area contributed by atoms with Crippen molar-refractivity contribution in [2.75, 3.05) is 13.1 Å². The summed E-state index contributed by atoms with van der Waals surface area (Å²) in [6.45, 7) is 3.37. The van der Waals surface area contributed by atoms with Crippen LogP contribution in [0, 0.1) is 0 Å². The SMILES string of the molecule is CCc1cc(=O)n(CCNC(=O)NCCCc2ccccc2)cn1. The first-order valence-corrected chi connectivity index (χ1v) is 8.30.